The average molecular weight is 290 g/mol. The monoisotopic (exact) mass is 290 g/mol. The zero-order chi connectivity index (χ0) is 14.5. The van der Waals surface area contributed by atoms with Crippen LogP contribution in [0.4, 0.5) is 0 Å². The smallest absolute Gasteiger partial charge is 0.215 e. The lowest BCUT2D eigenvalue weighted by Crippen LogP contribution is -2.46. The van der Waals surface area contributed by atoms with E-state index in [-0.39, 0.29) is 11.3 Å². The summed E-state index contributed by atoms with van der Waals surface area (Å²) in [6.45, 7) is 8.50. The van der Waals surface area contributed by atoms with E-state index < -0.39 is 10.0 Å². The highest BCUT2D eigenvalue weighted by Crippen LogP contribution is 2.23. The summed E-state index contributed by atoms with van der Waals surface area (Å²) in [6.07, 6.45) is 5.70. The van der Waals surface area contributed by atoms with Gasteiger partial charge < -0.3 is 5.32 Å². The summed E-state index contributed by atoms with van der Waals surface area (Å²) in [6, 6.07) is 0.434. The van der Waals surface area contributed by atoms with Crippen LogP contribution in [0.25, 0.3) is 0 Å². The number of sulfonamides is 1. The van der Waals surface area contributed by atoms with Crippen molar-refractivity contribution < 1.29 is 8.42 Å². The van der Waals surface area contributed by atoms with Gasteiger partial charge in [0.1, 0.15) is 0 Å². The van der Waals surface area contributed by atoms with Crippen molar-refractivity contribution in [1.82, 2.24) is 10.0 Å². The summed E-state index contributed by atoms with van der Waals surface area (Å²) in [5.41, 5.74) is 0. The summed E-state index contributed by atoms with van der Waals surface area (Å²) < 4.78 is 27.6. The Balaban J connectivity index is 2.56. The second kappa shape index (κ2) is 7.60. The predicted octanol–water partition coefficient (Wildman–Crippen LogP) is 2.26. The van der Waals surface area contributed by atoms with Crippen molar-refractivity contribution in [2.75, 3.05) is 6.54 Å². The van der Waals surface area contributed by atoms with Crippen LogP contribution >= 0.6 is 0 Å². The molecule has 0 radical (unpaired) electrons. The van der Waals surface area contributed by atoms with Gasteiger partial charge in [0.2, 0.25) is 10.0 Å². The van der Waals surface area contributed by atoms with Gasteiger partial charge in [0.25, 0.3) is 0 Å². The third-order valence-electron chi connectivity index (χ3n) is 4.02. The Bertz CT molecular complexity index is 354. The van der Waals surface area contributed by atoms with Gasteiger partial charge in [-0.15, -0.1) is 0 Å². The van der Waals surface area contributed by atoms with E-state index in [2.05, 4.69) is 17.0 Å². The molecule has 3 unspecified atom stereocenters. The van der Waals surface area contributed by atoms with Crippen molar-refractivity contribution in [3.05, 3.63) is 0 Å². The van der Waals surface area contributed by atoms with E-state index in [1.54, 1.807) is 6.92 Å². The number of rotatable bonds is 6. The van der Waals surface area contributed by atoms with Crippen LogP contribution in [-0.2, 0) is 10.0 Å². The standard InChI is InChI=1S/C14H30N2O2S/c1-11(2)15-10-13(4)19(17,18)16-14-9-7-5-6-8-12(14)3/h11-16H,5-10H2,1-4H3. The Kier molecular flexibility index (Phi) is 6.77. The highest BCUT2D eigenvalue weighted by molar-refractivity contribution is 7.90. The molecule has 1 saturated carbocycles. The Labute approximate surface area is 118 Å². The SMILES string of the molecule is CC(C)NCC(C)S(=O)(=O)NC1CCCCCC1C. The third-order valence-corrected chi connectivity index (χ3v) is 5.88. The van der Waals surface area contributed by atoms with Crippen LogP contribution in [0.1, 0.15) is 59.8 Å². The van der Waals surface area contributed by atoms with Gasteiger partial charge in [0.05, 0.1) is 5.25 Å². The molecule has 4 nitrogen and oxygen atoms in total. The lowest BCUT2D eigenvalue weighted by Gasteiger charge is -2.25. The minimum absolute atomic E-state index is 0.119. The maximum Gasteiger partial charge on any atom is 0.215 e. The van der Waals surface area contributed by atoms with Gasteiger partial charge in [0.15, 0.2) is 0 Å². The molecule has 0 saturated heterocycles. The maximum absolute atomic E-state index is 12.3. The first kappa shape index (κ1) is 16.9. The third kappa shape index (κ3) is 5.79. The fourth-order valence-corrected chi connectivity index (χ4v) is 3.83. The second-order valence-electron chi connectivity index (χ2n) is 6.26. The first-order valence-electron chi connectivity index (χ1n) is 7.57. The lowest BCUT2D eigenvalue weighted by molar-refractivity contribution is 0.397. The van der Waals surface area contributed by atoms with Crippen molar-refractivity contribution in [1.29, 1.82) is 0 Å². The van der Waals surface area contributed by atoms with Gasteiger partial charge in [-0.1, -0.05) is 40.0 Å². The summed E-state index contributed by atoms with van der Waals surface area (Å²) in [5, 5.41) is 2.81. The second-order valence-corrected chi connectivity index (χ2v) is 8.39. The van der Waals surface area contributed by atoms with Gasteiger partial charge in [-0.3, -0.25) is 0 Å². The van der Waals surface area contributed by atoms with E-state index in [0.29, 0.717) is 18.5 Å². The van der Waals surface area contributed by atoms with Gasteiger partial charge >= 0.3 is 0 Å². The number of hydrogen-bond acceptors (Lipinski definition) is 3. The van der Waals surface area contributed by atoms with Gasteiger partial charge in [-0.2, -0.15) is 0 Å². The molecule has 0 bridgehead atoms. The normalized spacial score (nSPS) is 27.2. The molecule has 0 amide bonds. The average Bonchev–Trinajstić information content (AvgIpc) is 2.51. The zero-order valence-corrected chi connectivity index (χ0v) is 13.6. The molecular weight excluding hydrogens is 260 g/mol. The summed E-state index contributed by atoms with van der Waals surface area (Å²) in [7, 11) is -3.22. The molecule has 0 heterocycles. The molecule has 114 valence electrons. The topological polar surface area (TPSA) is 58.2 Å². The molecular formula is C14H30N2O2S. The van der Waals surface area contributed by atoms with Crippen LogP contribution in [0.2, 0.25) is 0 Å². The molecule has 0 aromatic carbocycles. The van der Waals surface area contributed by atoms with E-state index in [9.17, 15) is 8.42 Å². The van der Waals surface area contributed by atoms with Crippen molar-refractivity contribution in [2.45, 2.75) is 77.1 Å². The minimum Gasteiger partial charge on any atom is -0.313 e. The molecule has 1 rings (SSSR count). The quantitative estimate of drug-likeness (QED) is 0.738. The first-order chi connectivity index (χ1) is 8.83. The molecule has 1 fully saturated rings. The van der Waals surface area contributed by atoms with Gasteiger partial charge in [0, 0.05) is 18.6 Å². The highest BCUT2D eigenvalue weighted by Gasteiger charge is 2.28. The molecule has 1 aliphatic carbocycles. The first-order valence-corrected chi connectivity index (χ1v) is 9.12. The molecule has 3 atom stereocenters. The maximum atomic E-state index is 12.3. The van der Waals surface area contributed by atoms with Crippen molar-refractivity contribution in [3.8, 4) is 0 Å². The molecule has 19 heavy (non-hydrogen) atoms. The largest absolute Gasteiger partial charge is 0.313 e. The van der Waals surface area contributed by atoms with E-state index in [0.717, 1.165) is 19.3 Å². The van der Waals surface area contributed by atoms with Gasteiger partial charge in [-0.25, -0.2) is 13.1 Å². The fourth-order valence-electron chi connectivity index (χ4n) is 2.51. The zero-order valence-electron chi connectivity index (χ0n) is 12.8. The van der Waals surface area contributed by atoms with Crippen LogP contribution in [0.15, 0.2) is 0 Å². The lowest BCUT2D eigenvalue weighted by atomic mass is 9.98. The molecule has 5 heteroatoms. The number of hydrogen-bond donors (Lipinski definition) is 2. The summed E-state index contributed by atoms with van der Waals surface area (Å²) in [5.74, 6) is 0.447. The van der Waals surface area contributed by atoms with E-state index in [1.807, 2.05) is 13.8 Å². The predicted molar refractivity (Wildman–Crippen MR) is 80.7 cm³/mol. The van der Waals surface area contributed by atoms with Crippen molar-refractivity contribution in [2.24, 2.45) is 5.92 Å². The Morgan fingerprint density at radius 1 is 1.11 bits per heavy atom. The van der Waals surface area contributed by atoms with E-state index in [4.69, 9.17) is 0 Å². The Morgan fingerprint density at radius 3 is 2.37 bits per heavy atom. The summed E-state index contributed by atoms with van der Waals surface area (Å²) >= 11 is 0. The Morgan fingerprint density at radius 2 is 1.74 bits per heavy atom. The highest BCUT2D eigenvalue weighted by atomic mass is 32.2. The molecule has 2 N–H and O–H groups in total. The summed E-state index contributed by atoms with van der Waals surface area (Å²) in [4.78, 5) is 0. The minimum atomic E-state index is -3.22. The fraction of sp³-hybridized carbons (Fsp3) is 1.00. The van der Waals surface area contributed by atoms with Crippen LogP contribution < -0.4 is 10.0 Å². The van der Waals surface area contributed by atoms with E-state index >= 15 is 0 Å². The van der Waals surface area contributed by atoms with Crippen LogP contribution in [-0.4, -0.2) is 32.3 Å². The van der Waals surface area contributed by atoms with Crippen LogP contribution in [0.3, 0.4) is 0 Å². The van der Waals surface area contributed by atoms with Crippen LogP contribution in [0.5, 0.6) is 0 Å². The van der Waals surface area contributed by atoms with E-state index in [1.165, 1.54) is 12.8 Å². The van der Waals surface area contributed by atoms with Crippen molar-refractivity contribution in [3.63, 3.8) is 0 Å². The van der Waals surface area contributed by atoms with Crippen LogP contribution in [0, 0.1) is 5.92 Å². The van der Waals surface area contributed by atoms with Crippen molar-refractivity contribution >= 4 is 10.0 Å². The van der Waals surface area contributed by atoms with Gasteiger partial charge in [-0.05, 0) is 25.7 Å². The Hall–Kier alpha value is -0.130. The molecule has 1 aliphatic rings. The number of nitrogens with one attached hydrogen (secondary N) is 2. The molecule has 0 aromatic heterocycles. The molecule has 0 aliphatic heterocycles. The molecule has 0 spiro atoms. The molecule has 0 aromatic rings.